The van der Waals surface area contributed by atoms with Gasteiger partial charge in [-0.3, -0.25) is 9.36 Å². The van der Waals surface area contributed by atoms with Crippen LogP contribution in [0, 0.1) is 17.1 Å². The molecule has 0 aliphatic carbocycles. The van der Waals surface area contributed by atoms with Crippen LogP contribution in [0.3, 0.4) is 0 Å². The number of sulfone groups is 1. The number of rotatable bonds is 7. The SMILES string of the molecule is CS(=O)(=O)Cn1c(=O)oc2ccc(-c3ccc(C[C@@H](C#N)NC(=O)[C@@H]4CNCCCO4)c(F)c3)cc21. The number of benzene rings is 2. The molecule has 1 amide bonds. The highest BCUT2D eigenvalue weighted by molar-refractivity contribution is 7.89. The topological polar surface area (TPSA) is 143 Å². The lowest BCUT2D eigenvalue weighted by molar-refractivity contribution is -0.132. The number of ether oxygens (including phenoxy) is 1. The van der Waals surface area contributed by atoms with Crippen LogP contribution in [0.4, 0.5) is 4.39 Å². The Kier molecular flexibility index (Phi) is 7.53. The van der Waals surface area contributed by atoms with E-state index < -0.39 is 45.3 Å². The van der Waals surface area contributed by atoms with Crippen molar-refractivity contribution >= 4 is 26.8 Å². The summed E-state index contributed by atoms with van der Waals surface area (Å²) in [5, 5.41) is 15.2. The molecule has 2 heterocycles. The minimum Gasteiger partial charge on any atom is -0.408 e. The lowest BCUT2D eigenvalue weighted by Crippen LogP contribution is -2.46. The molecule has 1 saturated heterocycles. The number of carbonyl (C=O) groups excluding carboxylic acids is 1. The molecular weight excluding hydrogens is 491 g/mol. The van der Waals surface area contributed by atoms with Gasteiger partial charge in [-0.05, 0) is 47.9 Å². The molecule has 2 N–H and O–H groups in total. The van der Waals surface area contributed by atoms with E-state index in [2.05, 4.69) is 10.6 Å². The lowest BCUT2D eigenvalue weighted by Gasteiger charge is -2.18. The summed E-state index contributed by atoms with van der Waals surface area (Å²) in [5.74, 6) is -2.35. The van der Waals surface area contributed by atoms with Gasteiger partial charge in [0.1, 0.15) is 23.8 Å². The number of nitrogens with one attached hydrogen (secondary N) is 2. The molecule has 3 aromatic rings. The zero-order valence-electron chi connectivity index (χ0n) is 19.5. The van der Waals surface area contributed by atoms with Gasteiger partial charge in [0, 0.05) is 25.8 Å². The number of halogens is 1. The fraction of sp³-hybridized carbons (Fsp3) is 0.375. The highest BCUT2D eigenvalue weighted by Gasteiger charge is 2.24. The number of oxazole rings is 1. The molecule has 190 valence electrons. The first-order valence-electron chi connectivity index (χ1n) is 11.3. The number of nitrogens with zero attached hydrogens (tertiary/aromatic N) is 2. The third kappa shape index (κ3) is 5.99. The van der Waals surface area contributed by atoms with E-state index in [0.29, 0.717) is 24.3 Å². The Bertz CT molecular complexity index is 1480. The van der Waals surface area contributed by atoms with Crippen LogP contribution in [0.1, 0.15) is 12.0 Å². The number of carbonyl (C=O) groups is 1. The highest BCUT2D eigenvalue weighted by Crippen LogP contribution is 2.26. The quantitative estimate of drug-likeness (QED) is 0.479. The maximum Gasteiger partial charge on any atom is 0.420 e. The summed E-state index contributed by atoms with van der Waals surface area (Å²) in [6, 6.07) is 10.2. The fourth-order valence-electron chi connectivity index (χ4n) is 3.99. The zero-order valence-corrected chi connectivity index (χ0v) is 20.3. The molecule has 0 radical (unpaired) electrons. The van der Waals surface area contributed by atoms with Crippen molar-refractivity contribution in [1.82, 2.24) is 15.2 Å². The molecule has 12 heteroatoms. The number of hydrogen-bond acceptors (Lipinski definition) is 8. The van der Waals surface area contributed by atoms with Gasteiger partial charge in [0.2, 0.25) is 0 Å². The molecule has 1 fully saturated rings. The summed E-state index contributed by atoms with van der Waals surface area (Å²) in [6.45, 7) is 1.52. The van der Waals surface area contributed by atoms with E-state index in [0.717, 1.165) is 23.8 Å². The molecule has 1 aromatic heterocycles. The first-order valence-corrected chi connectivity index (χ1v) is 13.3. The lowest BCUT2D eigenvalue weighted by atomic mass is 10.00. The Balaban J connectivity index is 1.53. The van der Waals surface area contributed by atoms with E-state index in [9.17, 15) is 27.7 Å². The highest BCUT2D eigenvalue weighted by atomic mass is 32.2. The molecule has 2 atom stereocenters. The van der Waals surface area contributed by atoms with Crippen LogP contribution < -0.4 is 16.4 Å². The molecule has 1 aliphatic rings. The van der Waals surface area contributed by atoms with E-state index in [-0.39, 0.29) is 23.1 Å². The minimum atomic E-state index is -3.51. The van der Waals surface area contributed by atoms with Gasteiger partial charge < -0.3 is 19.8 Å². The van der Waals surface area contributed by atoms with E-state index in [1.807, 2.05) is 6.07 Å². The molecular formula is C24H25FN4O6S. The summed E-state index contributed by atoms with van der Waals surface area (Å²) >= 11 is 0. The third-order valence-electron chi connectivity index (χ3n) is 5.75. The van der Waals surface area contributed by atoms with Crippen molar-refractivity contribution in [2.45, 2.75) is 30.9 Å². The second-order valence-corrected chi connectivity index (χ2v) is 10.8. The zero-order chi connectivity index (χ0) is 25.9. The number of aromatic nitrogens is 1. The monoisotopic (exact) mass is 516 g/mol. The van der Waals surface area contributed by atoms with Gasteiger partial charge >= 0.3 is 5.76 Å². The van der Waals surface area contributed by atoms with Crippen LogP contribution >= 0.6 is 0 Å². The first-order chi connectivity index (χ1) is 17.1. The molecule has 36 heavy (non-hydrogen) atoms. The Morgan fingerprint density at radius 1 is 1.31 bits per heavy atom. The van der Waals surface area contributed by atoms with E-state index in [1.54, 1.807) is 18.2 Å². The Morgan fingerprint density at radius 2 is 2.06 bits per heavy atom. The Morgan fingerprint density at radius 3 is 2.78 bits per heavy atom. The van der Waals surface area contributed by atoms with Crippen molar-refractivity contribution in [3.05, 3.63) is 58.3 Å². The van der Waals surface area contributed by atoms with E-state index in [4.69, 9.17) is 9.15 Å². The summed E-state index contributed by atoms with van der Waals surface area (Å²) in [5.41, 5.74) is 1.75. The molecule has 0 unspecified atom stereocenters. The molecule has 1 aliphatic heterocycles. The van der Waals surface area contributed by atoms with Gasteiger partial charge in [0.25, 0.3) is 5.91 Å². The Labute approximate surface area is 206 Å². The van der Waals surface area contributed by atoms with Crippen molar-refractivity contribution in [3.8, 4) is 17.2 Å². The predicted molar refractivity (Wildman–Crippen MR) is 129 cm³/mol. The average molecular weight is 517 g/mol. The van der Waals surface area contributed by atoms with Crippen molar-refractivity contribution in [2.24, 2.45) is 0 Å². The number of nitriles is 1. The number of fused-ring (bicyclic) bond motifs is 1. The second-order valence-electron chi connectivity index (χ2n) is 8.65. The standard InChI is InChI=1S/C24H25FN4O6S/c1-36(32,33)14-29-20-11-16(5-6-21(20)35-24(29)31)15-3-4-17(19(25)10-15)9-18(12-26)28-23(30)22-13-27-7-2-8-34-22/h3-6,10-11,18,22,27H,2,7-9,13-14H2,1H3,(H,28,30)/t18-,22-/m0/s1. The van der Waals surface area contributed by atoms with Gasteiger partial charge in [-0.2, -0.15) is 5.26 Å². The van der Waals surface area contributed by atoms with Crippen LogP contribution in [0.25, 0.3) is 22.2 Å². The first kappa shape index (κ1) is 25.6. The molecule has 0 bridgehead atoms. The second kappa shape index (κ2) is 10.6. The van der Waals surface area contributed by atoms with Crippen LogP contribution in [0.15, 0.2) is 45.6 Å². The van der Waals surface area contributed by atoms with Gasteiger partial charge in [-0.25, -0.2) is 17.6 Å². The van der Waals surface area contributed by atoms with Gasteiger partial charge in [0.15, 0.2) is 15.4 Å². The third-order valence-corrected chi connectivity index (χ3v) is 6.48. The molecule has 2 aromatic carbocycles. The maximum atomic E-state index is 15.0. The van der Waals surface area contributed by atoms with Crippen molar-refractivity contribution in [1.29, 1.82) is 5.26 Å². The van der Waals surface area contributed by atoms with Crippen LogP contribution in [-0.4, -0.2) is 57.0 Å². The summed E-state index contributed by atoms with van der Waals surface area (Å²) < 4.78 is 50.0. The number of amides is 1. The normalized spacial score (nSPS) is 17.3. The van der Waals surface area contributed by atoms with E-state index >= 15 is 0 Å². The van der Waals surface area contributed by atoms with E-state index in [1.165, 1.54) is 18.2 Å². The average Bonchev–Trinajstić information content (AvgIpc) is 3.00. The number of hydrogen-bond donors (Lipinski definition) is 2. The Hall–Kier alpha value is -3.53. The van der Waals surface area contributed by atoms with Crippen molar-refractivity contribution in [2.75, 3.05) is 26.0 Å². The van der Waals surface area contributed by atoms with Crippen molar-refractivity contribution < 1.29 is 26.8 Å². The van der Waals surface area contributed by atoms with Crippen LogP contribution in [0.5, 0.6) is 0 Å². The molecule has 0 spiro atoms. The van der Waals surface area contributed by atoms with Gasteiger partial charge in [-0.15, -0.1) is 0 Å². The maximum absolute atomic E-state index is 15.0. The largest absolute Gasteiger partial charge is 0.420 e. The summed E-state index contributed by atoms with van der Waals surface area (Å²) in [6.07, 6.45) is 1.04. The van der Waals surface area contributed by atoms with Crippen LogP contribution in [-0.2, 0) is 31.7 Å². The summed E-state index contributed by atoms with van der Waals surface area (Å²) in [7, 11) is -3.51. The van der Waals surface area contributed by atoms with Crippen molar-refractivity contribution in [3.63, 3.8) is 0 Å². The smallest absolute Gasteiger partial charge is 0.408 e. The fourth-order valence-corrected chi connectivity index (χ4v) is 4.70. The minimum absolute atomic E-state index is 0.0385. The molecule has 0 saturated carbocycles. The summed E-state index contributed by atoms with van der Waals surface area (Å²) in [4.78, 5) is 24.6. The van der Waals surface area contributed by atoms with Crippen LogP contribution in [0.2, 0.25) is 0 Å². The van der Waals surface area contributed by atoms with Gasteiger partial charge in [-0.1, -0.05) is 18.2 Å². The molecule has 10 nitrogen and oxygen atoms in total. The molecule has 4 rings (SSSR count). The van der Waals surface area contributed by atoms with Gasteiger partial charge in [0.05, 0.1) is 11.6 Å². The predicted octanol–water partition coefficient (Wildman–Crippen LogP) is 1.33.